The Hall–Kier alpha value is -3.26. The van der Waals surface area contributed by atoms with Gasteiger partial charge >= 0.3 is 0 Å². The van der Waals surface area contributed by atoms with Crippen LogP contribution in [-0.2, 0) is 13.6 Å². The van der Waals surface area contributed by atoms with Gasteiger partial charge in [0, 0.05) is 23.4 Å². The smallest absolute Gasteiger partial charge is 0.265 e. The standard InChI is InChI=1S/C21H17BrN4O3/c1-13-17(18-19(29-13)24-12-25(2)20(18)27)21(28)26(11-15-5-3-4-10-23-15)16-8-6-14(22)7-9-16/h3-10,12H,11H2,1-2H3. The second kappa shape index (κ2) is 7.63. The first kappa shape index (κ1) is 19.1. The molecule has 146 valence electrons. The van der Waals surface area contributed by atoms with Crippen molar-refractivity contribution in [1.82, 2.24) is 14.5 Å². The maximum atomic E-state index is 13.6. The first-order chi connectivity index (χ1) is 14.0. The topological polar surface area (TPSA) is 81.2 Å². The minimum atomic E-state index is -0.348. The minimum absolute atomic E-state index is 0.155. The molecule has 1 aromatic carbocycles. The first-order valence-electron chi connectivity index (χ1n) is 8.88. The van der Waals surface area contributed by atoms with Crippen LogP contribution in [0.4, 0.5) is 5.69 Å². The molecule has 7 nitrogen and oxygen atoms in total. The molecule has 3 aromatic heterocycles. The highest BCUT2D eigenvalue weighted by Crippen LogP contribution is 2.27. The van der Waals surface area contributed by atoms with Gasteiger partial charge in [-0.05, 0) is 43.3 Å². The molecule has 0 fully saturated rings. The Morgan fingerprint density at radius 1 is 1.17 bits per heavy atom. The van der Waals surface area contributed by atoms with Crippen LogP contribution in [0.5, 0.6) is 0 Å². The summed E-state index contributed by atoms with van der Waals surface area (Å²) >= 11 is 3.42. The quantitative estimate of drug-likeness (QED) is 0.469. The van der Waals surface area contributed by atoms with Crippen molar-refractivity contribution in [3.8, 4) is 0 Å². The Morgan fingerprint density at radius 2 is 1.93 bits per heavy atom. The number of rotatable bonds is 4. The van der Waals surface area contributed by atoms with Crippen LogP contribution in [0.3, 0.4) is 0 Å². The van der Waals surface area contributed by atoms with E-state index in [0.717, 1.165) is 10.2 Å². The molecule has 0 aliphatic rings. The van der Waals surface area contributed by atoms with Crippen LogP contribution in [0.25, 0.3) is 11.1 Å². The second-order valence-corrected chi connectivity index (χ2v) is 7.48. The zero-order chi connectivity index (χ0) is 20.5. The van der Waals surface area contributed by atoms with Crippen LogP contribution in [-0.4, -0.2) is 20.4 Å². The summed E-state index contributed by atoms with van der Waals surface area (Å²) in [5, 5.41) is 0.181. The molecule has 0 spiro atoms. The number of carbonyl (C=O) groups is 1. The summed E-state index contributed by atoms with van der Waals surface area (Å²) in [5.74, 6) is 0.00302. The van der Waals surface area contributed by atoms with Crippen molar-refractivity contribution in [2.75, 3.05) is 4.90 Å². The van der Waals surface area contributed by atoms with Gasteiger partial charge in [0.15, 0.2) is 0 Å². The Bertz CT molecular complexity index is 1250. The number of carbonyl (C=O) groups excluding carboxylic acids is 1. The van der Waals surface area contributed by atoms with Gasteiger partial charge in [-0.15, -0.1) is 0 Å². The molecule has 0 N–H and O–H groups in total. The number of aromatic nitrogens is 3. The van der Waals surface area contributed by atoms with Gasteiger partial charge < -0.3 is 13.9 Å². The van der Waals surface area contributed by atoms with Crippen molar-refractivity contribution in [2.45, 2.75) is 13.5 Å². The fourth-order valence-electron chi connectivity index (χ4n) is 3.13. The molecule has 0 radical (unpaired) electrons. The number of furan rings is 1. The van der Waals surface area contributed by atoms with E-state index in [4.69, 9.17) is 4.42 Å². The molecule has 3 heterocycles. The molecule has 0 saturated carbocycles. The number of aryl methyl sites for hydroxylation is 2. The van der Waals surface area contributed by atoms with E-state index in [0.29, 0.717) is 11.4 Å². The van der Waals surface area contributed by atoms with E-state index >= 15 is 0 Å². The lowest BCUT2D eigenvalue weighted by molar-refractivity contribution is 0.0984. The lowest BCUT2D eigenvalue weighted by Crippen LogP contribution is -2.32. The number of benzene rings is 1. The van der Waals surface area contributed by atoms with Crippen molar-refractivity contribution < 1.29 is 9.21 Å². The third kappa shape index (κ3) is 3.58. The van der Waals surface area contributed by atoms with E-state index in [2.05, 4.69) is 25.9 Å². The number of halogens is 1. The molecule has 0 saturated heterocycles. The predicted octanol–water partition coefficient (Wildman–Crippen LogP) is 3.84. The van der Waals surface area contributed by atoms with Gasteiger partial charge in [0.25, 0.3) is 11.5 Å². The lowest BCUT2D eigenvalue weighted by Gasteiger charge is -2.22. The lowest BCUT2D eigenvalue weighted by atomic mass is 10.1. The summed E-state index contributed by atoms with van der Waals surface area (Å²) in [7, 11) is 1.59. The van der Waals surface area contributed by atoms with Crippen LogP contribution in [0.15, 0.2) is 68.7 Å². The third-order valence-electron chi connectivity index (χ3n) is 4.59. The van der Waals surface area contributed by atoms with Gasteiger partial charge in [0.2, 0.25) is 5.71 Å². The molecule has 1 amide bonds. The summed E-state index contributed by atoms with van der Waals surface area (Å²) in [6, 6.07) is 12.9. The largest absolute Gasteiger partial charge is 0.442 e. The van der Waals surface area contributed by atoms with E-state index < -0.39 is 0 Å². The van der Waals surface area contributed by atoms with Crippen LogP contribution in [0.1, 0.15) is 21.8 Å². The molecule has 0 atom stereocenters. The number of hydrogen-bond acceptors (Lipinski definition) is 5. The van der Waals surface area contributed by atoms with Crippen LogP contribution in [0.2, 0.25) is 0 Å². The number of hydrogen-bond donors (Lipinski definition) is 0. The van der Waals surface area contributed by atoms with Crippen LogP contribution < -0.4 is 10.5 Å². The zero-order valence-electron chi connectivity index (χ0n) is 15.8. The van der Waals surface area contributed by atoms with Crippen molar-refractivity contribution >= 4 is 38.6 Å². The fourth-order valence-corrected chi connectivity index (χ4v) is 3.40. The molecule has 8 heteroatoms. The van der Waals surface area contributed by atoms with E-state index in [1.54, 1.807) is 25.1 Å². The molecule has 0 aliphatic carbocycles. The highest BCUT2D eigenvalue weighted by Gasteiger charge is 2.27. The summed E-state index contributed by atoms with van der Waals surface area (Å²) in [5.41, 5.74) is 1.44. The van der Waals surface area contributed by atoms with E-state index in [-0.39, 0.29) is 34.7 Å². The maximum absolute atomic E-state index is 13.6. The molecule has 0 bridgehead atoms. The normalized spacial score (nSPS) is 11.0. The number of pyridine rings is 1. The monoisotopic (exact) mass is 452 g/mol. The Balaban J connectivity index is 1.87. The molecule has 4 rings (SSSR count). The maximum Gasteiger partial charge on any atom is 0.265 e. The molecular formula is C21H17BrN4O3. The van der Waals surface area contributed by atoms with Crippen LogP contribution >= 0.6 is 15.9 Å². The minimum Gasteiger partial charge on any atom is -0.442 e. The Kier molecular flexibility index (Phi) is 5.02. The van der Waals surface area contributed by atoms with Crippen molar-refractivity contribution in [2.24, 2.45) is 7.05 Å². The Labute approximate surface area is 174 Å². The average molecular weight is 453 g/mol. The molecule has 29 heavy (non-hydrogen) atoms. The predicted molar refractivity (Wildman–Crippen MR) is 113 cm³/mol. The Morgan fingerprint density at radius 3 is 2.62 bits per heavy atom. The SMILES string of the molecule is Cc1oc2ncn(C)c(=O)c2c1C(=O)N(Cc1ccccn1)c1ccc(Br)cc1. The summed E-state index contributed by atoms with van der Waals surface area (Å²) in [4.78, 5) is 36.4. The number of anilines is 1. The van der Waals surface area contributed by atoms with Crippen molar-refractivity contribution in [3.05, 3.63) is 86.8 Å². The van der Waals surface area contributed by atoms with Gasteiger partial charge in [-0.2, -0.15) is 0 Å². The van der Waals surface area contributed by atoms with Crippen molar-refractivity contribution in [1.29, 1.82) is 0 Å². The first-order valence-corrected chi connectivity index (χ1v) is 9.67. The summed E-state index contributed by atoms with van der Waals surface area (Å²) in [6.45, 7) is 1.91. The summed E-state index contributed by atoms with van der Waals surface area (Å²) in [6.07, 6.45) is 3.06. The number of nitrogens with zero attached hydrogens (tertiary/aromatic N) is 4. The van der Waals surface area contributed by atoms with Gasteiger partial charge in [-0.25, -0.2) is 4.98 Å². The molecular weight excluding hydrogens is 436 g/mol. The van der Waals surface area contributed by atoms with Gasteiger partial charge in [0.05, 0.1) is 17.8 Å². The zero-order valence-corrected chi connectivity index (χ0v) is 17.4. The number of amides is 1. The second-order valence-electron chi connectivity index (χ2n) is 6.56. The van der Waals surface area contributed by atoms with E-state index in [1.807, 2.05) is 42.5 Å². The molecule has 0 unspecified atom stereocenters. The van der Waals surface area contributed by atoms with Crippen LogP contribution in [0, 0.1) is 6.92 Å². The fraction of sp³-hybridized carbons (Fsp3) is 0.143. The highest BCUT2D eigenvalue weighted by atomic mass is 79.9. The third-order valence-corrected chi connectivity index (χ3v) is 5.12. The molecule has 0 aliphatic heterocycles. The van der Waals surface area contributed by atoms with Gasteiger partial charge in [0.1, 0.15) is 17.5 Å². The van der Waals surface area contributed by atoms with Crippen molar-refractivity contribution in [3.63, 3.8) is 0 Å². The van der Waals surface area contributed by atoms with Gasteiger partial charge in [-0.1, -0.05) is 22.0 Å². The average Bonchev–Trinajstić information content (AvgIpc) is 3.07. The van der Waals surface area contributed by atoms with E-state index in [1.165, 1.54) is 10.9 Å². The molecule has 4 aromatic rings. The highest BCUT2D eigenvalue weighted by molar-refractivity contribution is 9.10. The van der Waals surface area contributed by atoms with E-state index in [9.17, 15) is 9.59 Å². The summed E-state index contributed by atoms with van der Waals surface area (Å²) < 4.78 is 7.84. The number of fused-ring (bicyclic) bond motifs is 1. The van der Waals surface area contributed by atoms with Gasteiger partial charge in [-0.3, -0.25) is 14.6 Å².